The van der Waals surface area contributed by atoms with E-state index < -0.39 is 10.0 Å². The van der Waals surface area contributed by atoms with Gasteiger partial charge in [0.15, 0.2) is 0 Å². The number of amides is 1. The van der Waals surface area contributed by atoms with Crippen LogP contribution in [-0.2, 0) is 14.8 Å². The van der Waals surface area contributed by atoms with E-state index in [9.17, 15) is 13.2 Å². The highest BCUT2D eigenvalue weighted by Crippen LogP contribution is 2.35. The van der Waals surface area contributed by atoms with Gasteiger partial charge in [-0.2, -0.15) is 5.10 Å². The fourth-order valence-corrected chi connectivity index (χ4v) is 4.74. The van der Waals surface area contributed by atoms with Crippen LogP contribution in [0.3, 0.4) is 0 Å². The first-order valence-electron chi connectivity index (χ1n) is 9.96. The summed E-state index contributed by atoms with van der Waals surface area (Å²) in [5.74, 6) is -0.164. The summed E-state index contributed by atoms with van der Waals surface area (Å²) < 4.78 is 28.4. The first kappa shape index (κ1) is 20.8. The largest absolute Gasteiger partial charge is 0.279 e. The minimum absolute atomic E-state index is 0.164. The number of carbonyl (C=O) groups is 1. The van der Waals surface area contributed by atoms with Crippen molar-refractivity contribution in [3.8, 4) is 0 Å². The van der Waals surface area contributed by atoms with Crippen LogP contribution in [-0.4, -0.2) is 25.0 Å². The van der Waals surface area contributed by atoms with Gasteiger partial charge in [0, 0.05) is 18.9 Å². The van der Waals surface area contributed by atoms with E-state index in [4.69, 9.17) is 0 Å². The van der Waals surface area contributed by atoms with Gasteiger partial charge in [-0.15, -0.1) is 0 Å². The lowest BCUT2D eigenvalue weighted by Crippen LogP contribution is -2.24. The Bertz CT molecular complexity index is 1240. The van der Waals surface area contributed by atoms with Crippen LogP contribution in [0, 0.1) is 6.92 Å². The molecule has 1 heterocycles. The predicted octanol–water partition coefficient (Wildman–Crippen LogP) is 4.49. The number of hydrazone groups is 1. The van der Waals surface area contributed by atoms with Crippen molar-refractivity contribution >= 4 is 27.3 Å². The van der Waals surface area contributed by atoms with Gasteiger partial charge in [0.1, 0.15) is 0 Å². The lowest BCUT2D eigenvalue weighted by atomic mass is 9.97. The number of nitrogens with one attached hydrogen (secondary N) is 1. The molecule has 1 N–H and O–H groups in total. The number of benzene rings is 3. The molecular weight excluding hydrogens is 410 g/mol. The van der Waals surface area contributed by atoms with Gasteiger partial charge < -0.3 is 0 Å². The summed E-state index contributed by atoms with van der Waals surface area (Å²) in [6.07, 6.45) is 0.493. The summed E-state index contributed by atoms with van der Waals surface area (Å²) in [4.78, 5) is 12.5. The normalized spacial score (nSPS) is 16.1. The van der Waals surface area contributed by atoms with Crippen molar-refractivity contribution in [2.24, 2.45) is 5.10 Å². The minimum atomic E-state index is -3.75. The second kappa shape index (κ2) is 8.35. The molecule has 0 spiro atoms. The number of nitrogens with zero attached hydrogens (tertiary/aromatic N) is 2. The van der Waals surface area contributed by atoms with Crippen LogP contribution in [0.1, 0.15) is 36.1 Å². The zero-order valence-electron chi connectivity index (χ0n) is 17.3. The van der Waals surface area contributed by atoms with Crippen molar-refractivity contribution in [3.05, 3.63) is 95.6 Å². The third-order valence-corrected chi connectivity index (χ3v) is 6.61. The molecule has 1 amide bonds. The molecule has 0 saturated carbocycles. The van der Waals surface area contributed by atoms with Crippen molar-refractivity contribution in [1.82, 2.24) is 5.01 Å². The van der Waals surface area contributed by atoms with Gasteiger partial charge in [-0.05, 0) is 30.7 Å². The van der Waals surface area contributed by atoms with Crippen LogP contribution in [0.4, 0.5) is 5.69 Å². The van der Waals surface area contributed by atoms with Crippen LogP contribution in [0.2, 0.25) is 0 Å². The molecule has 0 radical (unpaired) electrons. The molecule has 0 aromatic heterocycles. The minimum Gasteiger partial charge on any atom is -0.279 e. The van der Waals surface area contributed by atoms with E-state index in [0.29, 0.717) is 23.4 Å². The SMILES string of the molecule is CC(=O)N1N=C(c2ccccc2NS(=O)(=O)c2ccccc2)C[C@H]1c1ccc(C)cc1. The van der Waals surface area contributed by atoms with Gasteiger partial charge in [-0.3, -0.25) is 9.52 Å². The van der Waals surface area contributed by atoms with E-state index >= 15 is 0 Å². The number of anilines is 1. The van der Waals surface area contributed by atoms with E-state index in [1.807, 2.05) is 43.3 Å². The number of hydrogen-bond acceptors (Lipinski definition) is 4. The Kier molecular flexibility index (Phi) is 5.61. The van der Waals surface area contributed by atoms with Crippen molar-refractivity contribution in [1.29, 1.82) is 0 Å². The molecule has 4 rings (SSSR count). The number of sulfonamides is 1. The van der Waals surface area contributed by atoms with E-state index in [-0.39, 0.29) is 16.8 Å². The van der Waals surface area contributed by atoms with Crippen molar-refractivity contribution in [2.45, 2.75) is 31.2 Å². The second-order valence-corrected chi connectivity index (χ2v) is 9.19. The maximum Gasteiger partial charge on any atom is 0.261 e. The van der Waals surface area contributed by atoms with E-state index in [0.717, 1.165) is 11.1 Å². The average Bonchev–Trinajstić information content (AvgIpc) is 3.21. The topological polar surface area (TPSA) is 78.8 Å². The first-order valence-corrected chi connectivity index (χ1v) is 11.4. The Balaban J connectivity index is 1.68. The van der Waals surface area contributed by atoms with Crippen LogP contribution in [0.15, 0.2) is 88.9 Å². The quantitative estimate of drug-likeness (QED) is 0.644. The molecule has 1 atom stereocenters. The Hall–Kier alpha value is -3.45. The zero-order valence-corrected chi connectivity index (χ0v) is 18.1. The van der Waals surface area contributed by atoms with E-state index in [1.54, 1.807) is 42.5 Å². The predicted molar refractivity (Wildman–Crippen MR) is 121 cm³/mol. The number of carbonyl (C=O) groups excluding carboxylic acids is 1. The highest BCUT2D eigenvalue weighted by atomic mass is 32.2. The monoisotopic (exact) mass is 433 g/mol. The average molecular weight is 434 g/mol. The van der Waals surface area contributed by atoms with Gasteiger partial charge in [0.25, 0.3) is 10.0 Å². The van der Waals surface area contributed by atoms with Gasteiger partial charge >= 0.3 is 0 Å². The van der Waals surface area contributed by atoms with Crippen molar-refractivity contribution < 1.29 is 13.2 Å². The summed E-state index contributed by atoms with van der Waals surface area (Å²) in [6.45, 7) is 3.50. The van der Waals surface area contributed by atoms with Gasteiger partial charge in [0.2, 0.25) is 5.91 Å². The lowest BCUT2D eigenvalue weighted by Gasteiger charge is -2.20. The van der Waals surface area contributed by atoms with Crippen LogP contribution in [0.5, 0.6) is 0 Å². The third-order valence-electron chi connectivity index (χ3n) is 5.23. The molecule has 0 unspecified atom stereocenters. The molecule has 7 heteroatoms. The molecule has 0 fully saturated rings. The van der Waals surface area contributed by atoms with Crippen LogP contribution >= 0.6 is 0 Å². The highest BCUT2D eigenvalue weighted by Gasteiger charge is 2.32. The fraction of sp³-hybridized carbons (Fsp3) is 0.167. The number of rotatable bonds is 5. The van der Waals surface area contributed by atoms with E-state index in [2.05, 4.69) is 9.82 Å². The van der Waals surface area contributed by atoms with Crippen LogP contribution in [0.25, 0.3) is 0 Å². The third kappa shape index (κ3) is 4.36. The molecule has 3 aromatic rings. The van der Waals surface area contributed by atoms with Crippen LogP contribution < -0.4 is 4.72 Å². The Labute approximate surface area is 182 Å². The summed E-state index contributed by atoms with van der Waals surface area (Å²) >= 11 is 0. The Morgan fingerprint density at radius 1 is 0.968 bits per heavy atom. The smallest absolute Gasteiger partial charge is 0.261 e. The fourth-order valence-electron chi connectivity index (χ4n) is 3.64. The molecule has 3 aromatic carbocycles. The van der Waals surface area contributed by atoms with Gasteiger partial charge in [0.05, 0.1) is 22.3 Å². The summed E-state index contributed by atoms with van der Waals surface area (Å²) in [5, 5.41) is 6.04. The second-order valence-electron chi connectivity index (χ2n) is 7.51. The highest BCUT2D eigenvalue weighted by molar-refractivity contribution is 7.92. The molecular formula is C24H23N3O3S. The Morgan fingerprint density at radius 3 is 2.29 bits per heavy atom. The Morgan fingerprint density at radius 2 is 1.61 bits per heavy atom. The van der Waals surface area contributed by atoms with E-state index in [1.165, 1.54) is 11.9 Å². The lowest BCUT2D eigenvalue weighted by molar-refractivity contribution is -0.130. The number of hydrogen-bond donors (Lipinski definition) is 1. The van der Waals surface area contributed by atoms with Gasteiger partial charge in [-0.1, -0.05) is 66.2 Å². The molecule has 0 bridgehead atoms. The summed E-state index contributed by atoms with van der Waals surface area (Å²) in [7, 11) is -3.75. The molecule has 31 heavy (non-hydrogen) atoms. The first-order chi connectivity index (χ1) is 14.8. The number of aryl methyl sites for hydroxylation is 1. The maximum absolute atomic E-state index is 12.8. The molecule has 0 saturated heterocycles. The molecule has 1 aliphatic heterocycles. The molecule has 6 nitrogen and oxygen atoms in total. The zero-order chi connectivity index (χ0) is 22.0. The molecule has 1 aliphatic rings. The molecule has 0 aliphatic carbocycles. The maximum atomic E-state index is 12.8. The van der Waals surface area contributed by atoms with Crippen molar-refractivity contribution in [2.75, 3.05) is 4.72 Å². The summed E-state index contributed by atoms with van der Waals surface area (Å²) in [5.41, 5.74) is 3.87. The number of para-hydroxylation sites is 1. The van der Waals surface area contributed by atoms with Crippen molar-refractivity contribution in [3.63, 3.8) is 0 Å². The van der Waals surface area contributed by atoms with Gasteiger partial charge in [-0.25, -0.2) is 13.4 Å². The standard InChI is InChI=1S/C24H23N3O3S/c1-17-12-14-19(15-13-17)24-16-23(25-27(24)18(2)28)21-10-6-7-11-22(21)26-31(29,30)20-8-4-3-5-9-20/h3-15,24,26H,16H2,1-2H3/t24-/m0/s1. The summed E-state index contributed by atoms with van der Waals surface area (Å²) in [6, 6.07) is 23.1. The molecule has 158 valence electrons.